The van der Waals surface area contributed by atoms with Gasteiger partial charge in [-0.2, -0.15) is 0 Å². The first-order valence-electron chi connectivity index (χ1n) is 18.8. The first-order chi connectivity index (χ1) is 27.9. The number of esters is 2. The number of carbonyl (C=O) groups excluding carboxylic acids is 2. The molecular weight excluding hydrogens is 741 g/mol. The minimum Gasteiger partial charge on any atom is -0.508 e. The lowest BCUT2D eigenvalue weighted by molar-refractivity contribution is -0.133. The summed E-state index contributed by atoms with van der Waals surface area (Å²) in [6.07, 6.45) is 2.56. The van der Waals surface area contributed by atoms with Crippen molar-refractivity contribution < 1.29 is 48.1 Å². The zero-order valence-electron chi connectivity index (χ0n) is 34.9. The molecule has 12 nitrogen and oxygen atoms in total. The monoisotopic (exact) mass is 794 g/mol. The number of rotatable bonds is 15. The van der Waals surface area contributed by atoms with E-state index in [9.17, 15) is 14.7 Å². The Morgan fingerprint density at radius 1 is 0.552 bits per heavy atom. The van der Waals surface area contributed by atoms with Gasteiger partial charge in [0.2, 0.25) is 0 Å². The molecule has 12 heteroatoms. The summed E-state index contributed by atoms with van der Waals surface area (Å²) in [5.41, 5.74) is 11.0. The van der Waals surface area contributed by atoms with Gasteiger partial charge in [0, 0.05) is 12.1 Å². The largest absolute Gasteiger partial charge is 0.508 e. The molecule has 58 heavy (non-hydrogen) atoms. The molecule has 308 valence electrons. The molecule has 0 aromatic heterocycles. The number of oxime groups is 2. The standard InChI is InChI=1S/C27H31NO5.C19H23NO5/c1-18-8-6-9-21(12-18)16-32-23-10-7-11-24(15-23)33-17-22-13-19(2)20(3)14-25(22)26(28-31-5)27(29)30-4;1-12-8-14(11-25-16-7-5-6-15(21)10-16)17(9-13(12)2)18(20-24-4)19(22)23-3/h6-12,15H,13-14,16-17H2,1-5H3;5-7,10,21H,8-9,11H2,1-4H3/b28-26+;20-18+. The van der Waals surface area contributed by atoms with Crippen molar-refractivity contribution in [2.45, 2.75) is 66.9 Å². The Labute approximate surface area is 341 Å². The second-order valence-electron chi connectivity index (χ2n) is 14.0. The minimum absolute atomic E-state index is 0.137. The van der Waals surface area contributed by atoms with Crippen LogP contribution in [0.3, 0.4) is 0 Å². The Bertz CT molecular complexity index is 2140. The summed E-state index contributed by atoms with van der Waals surface area (Å²) in [4.78, 5) is 34.2. The molecular formula is C46H54N2O10. The van der Waals surface area contributed by atoms with Crippen LogP contribution in [0, 0.1) is 6.92 Å². The average Bonchev–Trinajstić information content (AvgIpc) is 3.21. The van der Waals surface area contributed by atoms with Crippen molar-refractivity contribution in [1.29, 1.82) is 0 Å². The van der Waals surface area contributed by atoms with Crippen LogP contribution in [0.25, 0.3) is 0 Å². The third-order valence-corrected chi connectivity index (χ3v) is 9.78. The van der Waals surface area contributed by atoms with Crippen LogP contribution in [0.1, 0.15) is 64.5 Å². The first-order valence-corrected chi connectivity index (χ1v) is 18.8. The van der Waals surface area contributed by atoms with Crippen molar-refractivity contribution in [2.24, 2.45) is 10.3 Å². The van der Waals surface area contributed by atoms with Gasteiger partial charge in [-0.1, -0.05) is 74.6 Å². The van der Waals surface area contributed by atoms with Gasteiger partial charge >= 0.3 is 11.9 Å². The third kappa shape index (κ3) is 12.6. The van der Waals surface area contributed by atoms with Crippen LogP contribution in [-0.2, 0) is 35.3 Å². The van der Waals surface area contributed by atoms with Gasteiger partial charge in [0.05, 0.1) is 14.2 Å². The normalized spacial score (nSPS) is 14.7. The van der Waals surface area contributed by atoms with Gasteiger partial charge in [0.25, 0.3) is 0 Å². The lowest BCUT2D eigenvalue weighted by Gasteiger charge is -2.23. The van der Waals surface area contributed by atoms with E-state index in [1.54, 1.807) is 24.3 Å². The molecule has 0 fully saturated rings. The Hall–Kier alpha value is -6.30. The molecule has 1 N–H and O–H groups in total. The van der Waals surface area contributed by atoms with Gasteiger partial charge in [0.15, 0.2) is 11.4 Å². The molecule has 0 aliphatic heterocycles. The maximum absolute atomic E-state index is 12.3. The highest BCUT2D eigenvalue weighted by molar-refractivity contribution is 6.43. The maximum atomic E-state index is 12.3. The SMILES string of the molecule is CO/N=C(/C(=O)OC)C1=C(COc2cccc(O)c2)CC(C)=C(C)C1.CO/N=C(/C(=O)OC)C1=C(COc2cccc(OCc3cccc(C)c3)c2)CC(C)=C(C)C1. The summed E-state index contributed by atoms with van der Waals surface area (Å²) < 4.78 is 27.6. The topological polar surface area (TPSA) is 144 Å². The summed E-state index contributed by atoms with van der Waals surface area (Å²) in [6.45, 7) is 11.4. The molecule has 5 rings (SSSR count). The van der Waals surface area contributed by atoms with E-state index in [2.05, 4.69) is 50.1 Å². The highest BCUT2D eigenvalue weighted by atomic mass is 16.6. The summed E-state index contributed by atoms with van der Waals surface area (Å²) in [7, 11) is 5.46. The predicted molar refractivity (Wildman–Crippen MR) is 223 cm³/mol. The van der Waals surface area contributed by atoms with Crippen LogP contribution in [-0.4, -0.2) is 70.1 Å². The highest BCUT2D eigenvalue weighted by Gasteiger charge is 2.28. The zero-order chi connectivity index (χ0) is 42.2. The molecule has 2 aliphatic carbocycles. The molecule has 0 amide bonds. The van der Waals surface area contributed by atoms with Crippen LogP contribution >= 0.6 is 0 Å². The number of benzene rings is 3. The van der Waals surface area contributed by atoms with Gasteiger partial charge < -0.3 is 38.5 Å². The summed E-state index contributed by atoms with van der Waals surface area (Å²) in [6, 6.07) is 22.4. The molecule has 0 unspecified atom stereocenters. The molecule has 2 aliphatic rings. The Balaban J connectivity index is 0.000000267. The van der Waals surface area contributed by atoms with Gasteiger partial charge in [-0.05, 0) is 112 Å². The zero-order valence-corrected chi connectivity index (χ0v) is 34.9. The van der Waals surface area contributed by atoms with Crippen molar-refractivity contribution in [3.63, 3.8) is 0 Å². The number of aryl methyl sites for hydroxylation is 1. The molecule has 0 atom stereocenters. The number of hydrogen-bond acceptors (Lipinski definition) is 12. The summed E-state index contributed by atoms with van der Waals surface area (Å²) in [5.74, 6) is 1.05. The van der Waals surface area contributed by atoms with E-state index in [4.69, 9.17) is 33.4 Å². The predicted octanol–water partition coefficient (Wildman–Crippen LogP) is 8.93. The molecule has 0 radical (unpaired) electrons. The number of phenolic OH excluding ortho intramolecular Hbond substituents is 1. The quantitative estimate of drug-likeness (QED) is 0.0686. The fraction of sp³-hybridized carbons (Fsp3) is 0.348. The van der Waals surface area contributed by atoms with E-state index < -0.39 is 11.9 Å². The molecule has 0 heterocycles. The van der Waals surface area contributed by atoms with Crippen LogP contribution in [0.5, 0.6) is 23.0 Å². The number of phenols is 1. The Morgan fingerprint density at radius 3 is 1.43 bits per heavy atom. The fourth-order valence-electron chi connectivity index (χ4n) is 6.36. The lowest BCUT2D eigenvalue weighted by atomic mass is 9.85. The second-order valence-corrected chi connectivity index (χ2v) is 14.0. The van der Waals surface area contributed by atoms with Gasteiger partial charge in [0.1, 0.15) is 57.0 Å². The number of allylic oxidation sites excluding steroid dienone is 4. The minimum atomic E-state index is -0.543. The van der Waals surface area contributed by atoms with Crippen molar-refractivity contribution in [1.82, 2.24) is 0 Å². The van der Waals surface area contributed by atoms with E-state index in [-0.39, 0.29) is 23.8 Å². The smallest absolute Gasteiger partial charge is 0.360 e. The average molecular weight is 795 g/mol. The van der Waals surface area contributed by atoms with Crippen LogP contribution in [0.15, 0.2) is 128 Å². The van der Waals surface area contributed by atoms with E-state index in [1.807, 2.05) is 43.3 Å². The van der Waals surface area contributed by atoms with Crippen LogP contribution in [0.2, 0.25) is 0 Å². The van der Waals surface area contributed by atoms with Crippen LogP contribution < -0.4 is 14.2 Å². The van der Waals surface area contributed by atoms with Crippen molar-refractivity contribution in [2.75, 3.05) is 41.7 Å². The number of aromatic hydroxyl groups is 1. The van der Waals surface area contributed by atoms with Crippen LogP contribution in [0.4, 0.5) is 0 Å². The van der Waals surface area contributed by atoms with Crippen molar-refractivity contribution >= 4 is 23.4 Å². The maximum Gasteiger partial charge on any atom is 0.360 e. The Kier molecular flexibility index (Phi) is 16.7. The van der Waals surface area contributed by atoms with Gasteiger partial charge in [-0.15, -0.1) is 0 Å². The molecule has 0 spiro atoms. The Morgan fingerprint density at radius 2 is 0.983 bits per heavy atom. The molecule has 3 aromatic carbocycles. The third-order valence-electron chi connectivity index (χ3n) is 9.78. The van der Waals surface area contributed by atoms with Crippen molar-refractivity contribution in [3.8, 4) is 23.0 Å². The van der Waals surface area contributed by atoms with Crippen molar-refractivity contribution in [3.05, 3.63) is 129 Å². The van der Waals surface area contributed by atoms with E-state index >= 15 is 0 Å². The number of methoxy groups -OCH3 is 2. The highest BCUT2D eigenvalue weighted by Crippen LogP contribution is 2.33. The number of hydrogen-bond donors (Lipinski definition) is 1. The number of ether oxygens (including phenoxy) is 5. The first kappa shape index (κ1) is 44.4. The summed E-state index contributed by atoms with van der Waals surface area (Å²) in [5, 5.41) is 17.4. The summed E-state index contributed by atoms with van der Waals surface area (Å²) >= 11 is 0. The number of carbonyl (C=O) groups is 2. The van der Waals surface area contributed by atoms with E-state index in [0.29, 0.717) is 50.4 Å². The molecule has 3 aromatic rings. The number of nitrogens with zero attached hydrogens (tertiary/aromatic N) is 2. The lowest BCUT2D eigenvalue weighted by Crippen LogP contribution is -2.24. The van der Waals surface area contributed by atoms with E-state index in [0.717, 1.165) is 33.6 Å². The van der Waals surface area contributed by atoms with Gasteiger partial charge in [-0.25, -0.2) is 9.59 Å². The molecule has 0 saturated carbocycles. The van der Waals surface area contributed by atoms with Gasteiger partial charge in [-0.3, -0.25) is 0 Å². The molecule has 0 saturated heterocycles. The van der Waals surface area contributed by atoms with E-state index in [1.165, 1.54) is 56.3 Å². The second kappa shape index (κ2) is 21.9. The fourth-order valence-corrected chi connectivity index (χ4v) is 6.36. The molecule has 0 bridgehead atoms.